The first-order valence-corrected chi connectivity index (χ1v) is 10.9. The van der Waals surface area contributed by atoms with E-state index in [1.54, 1.807) is 24.3 Å². The number of hydrogen-bond donors (Lipinski definition) is 1. The highest BCUT2D eigenvalue weighted by Gasteiger charge is 2.34. The fourth-order valence-corrected chi connectivity index (χ4v) is 3.95. The molecule has 5 nitrogen and oxygen atoms in total. The van der Waals surface area contributed by atoms with Crippen LogP contribution >= 0.6 is 23.4 Å². The number of rotatable bonds is 7. The van der Waals surface area contributed by atoms with Gasteiger partial charge in [-0.15, -0.1) is 0 Å². The maximum Gasteiger partial charge on any atom is 0.418 e. The summed E-state index contributed by atoms with van der Waals surface area (Å²) in [4.78, 5) is 29.7. The van der Waals surface area contributed by atoms with Gasteiger partial charge in [-0.05, 0) is 36.8 Å². The second-order valence-electron chi connectivity index (χ2n) is 6.75. The van der Waals surface area contributed by atoms with E-state index in [1.807, 2.05) is 6.92 Å². The average molecular weight is 470 g/mol. The average Bonchev–Trinajstić information content (AvgIpc) is 2.72. The summed E-state index contributed by atoms with van der Waals surface area (Å²) in [5, 5.41) is 3.01. The molecular weight excluding hydrogens is 451 g/mol. The Kier molecular flexibility index (Phi) is 7.27. The van der Waals surface area contributed by atoms with Gasteiger partial charge in [0, 0.05) is 11.6 Å². The van der Waals surface area contributed by atoms with E-state index in [-0.39, 0.29) is 22.0 Å². The van der Waals surface area contributed by atoms with Crippen molar-refractivity contribution < 1.29 is 18.0 Å². The van der Waals surface area contributed by atoms with E-state index >= 15 is 0 Å². The molecule has 0 spiro atoms. The largest absolute Gasteiger partial charge is 0.418 e. The van der Waals surface area contributed by atoms with Crippen molar-refractivity contribution in [3.63, 3.8) is 0 Å². The number of halogens is 4. The van der Waals surface area contributed by atoms with E-state index < -0.39 is 17.6 Å². The number of alkyl halides is 3. The topological polar surface area (TPSA) is 64.0 Å². The third-order valence-electron chi connectivity index (χ3n) is 4.46. The van der Waals surface area contributed by atoms with Gasteiger partial charge in [0.2, 0.25) is 5.91 Å². The van der Waals surface area contributed by atoms with Crippen LogP contribution in [0.1, 0.15) is 25.3 Å². The zero-order chi connectivity index (χ0) is 22.6. The van der Waals surface area contributed by atoms with Gasteiger partial charge in [-0.2, -0.15) is 13.2 Å². The van der Waals surface area contributed by atoms with Crippen molar-refractivity contribution in [2.75, 3.05) is 11.1 Å². The predicted molar refractivity (Wildman–Crippen MR) is 117 cm³/mol. The van der Waals surface area contributed by atoms with Crippen LogP contribution in [0.25, 0.3) is 10.9 Å². The van der Waals surface area contributed by atoms with Crippen LogP contribution in [-0.4, -0.2) is 21.2 Å². The smallest absolute Gasteiger partial charge is 0.325 e. The standard InChI is InChI=1S/C21H19ClF3N3O2S/c1-2-3-10-28-19(30)14-6-4-5-7-16(14)27-20(28)31-12-18(29)26-17-9-8-13(22)11-15(17)21(23,24)25/h4-9,11H,2-3,10,12H2,1H3,(H,26,29). The van der Waals surface area contributed by atoms with Crippen LogP contribution in [0.5, 0.6) is 0 Å². The highest BCUT2D eigenvalue weighted by molar-refractivity contribution is 7.99. The normalized spacial score (nSPS) is 11.6. The van der Waals surface area contributed by atoms with Crippen molar-refractivity contribution in [2.45, 2.75) is 37.6 Å². The molecule has 0 unspecified atom stereocenters. The molecule has 1 N–H and O–H groups in total. The number of para-hydroxylation sites is 1. The zero-order valence-corrected chi connectivity index (χ0v) is 18.1. The Morgan fingerprint density at radius 1 is 1.23 bits per heavy atom. The summed E-state index contributed by atoms with van der Waals surface area (Å²) in [6.45, 7) is 2.43. The fraction of sp³-hybridized carbons (Fsp3) is 0.286. The Bertz CT molecular complexity index is 1160. The molecule has 0 radical (unpaired) electrons. The third-order valence-corrected chi connectivity index (χ3v) is 5.67. The van der Waals surface area contributed by atoms with Crippen molar-refractivity contribution in [2.24, 2.45) is 0 Å². The third kappa shape index (κ3) is 5.59. The van der Waals surface area contributed by atoms with Gasteiger partial charge in [0.25, 0.3) is 5.56 Å². The highest BCUT2D eigenvalue weighted by atomic mass is 35.5. The van der Waals surface area contributed by atoms with Crippen molar-refractivity contribution >= 4 is 45.9 Å². The number of anilines is 1. The van der Waals surface area contributed by atoms with Crippen molar-refractivity contribution in [1.82, 2.24) is 9.55 Å². The summed E-state index contributed by atoms with van der Waals surface area (Å²) in [6.07, 6.45) is -3.05. The minimum absolute atomic E-state index is 0.0833. The van der Waals surface area contributed by atoms with Crippen LogP contribution < -0.4 is 10.9 Å². The van der Waals surface area contributed by atoms with Gasteiger partial charge in [0.05, 0.1) is 27.9 Å². The molecule has 0 aliphatic carbocycles. The molecule has 3 rings (SSSR count). The first-order valence-electron chi connectivity index (χ1n) is 9.49. The van der Waals surface area contributed by atoms with E-state index in [2.05, 4.69) is 10.3 Å². The number of benzene rings is 2. The number of carbonyl (C=O) groups is 1. The lowest BCUT2D eigenvalue weighted by molar-refractivity contribution is -0.137. The molecule has 0 fully saturated rings. The molecule has 10 heteroatoms. The Morgan fingerprint density at radius 3 is 2.68 bits per heavy atom. The molecule has 0 aliphatic heterocycles. The summed E-state index contributed by atoms with van der Waals surface area (Å²) in [5.41, 5.74) is -1.11. The molecule has 1 heterocycles. The molecule has 2 aromatic carbocycles. The Balaban J connectivity index is 1.83. The molecule has 0 bridgehead atoms. The Hall–Kier alpha value is -2.52. The molecule has 1 aromatic heterocycles. The lowest BCUT2D eigenvalue weighted by atomic mass is 10.1. The predicted octanol–water partition coefficient (Wildman–Crippen LogP) is 5.60. The molecule has 1 amide bonds. The number of unbranched alkanes of at least 4 members (excludes halogenated alkanes) is 1. The van der Waals surface area contributed by atoms with E-state index in [0.29, 0.717) is 22.6 Å². The lowest BCUT2D eigenvalue weighted by Crippen LogP contribution is -2.24. The van der Waals surface area contributed by atoms with E-state index in [9.17, 15) is 22.8 Å². The van der Waals surface area contributed by atoms with Crippen molar-refractivity contribution in [3.8, 4) is 0 Å². The molecule has 0 aliphatic rings. The molecule has 0 saturated heterocycles. The number of thioether (sulfide) groups is 1. The first kappa shape index (κ1) is 23.1. The number of hydrogen-bond acceptors (Lipinski definition) is 4. The van der Waals surface area contributed by atoms with Gasteiger partial charge in [0.1, 0.15) is 0 Å². The number of carbonyl (C=O) groups excluding carboxylic acids is 1. The van der Waals surface area contributed by atoms with Gasteiger partial charge in [-0.25, -0.2) is 4.98 Å². The Morgan fingerprint density at radius 2 is 1.97 bits per heavy atom. The number of fused-ring (bicyclic) bond motifs is 1. The van der Waals surface area contributed by atoms with Gasteiger partial charge >= 0.3 is 6.18 Å². The lowest BCUT2D eigenvalue weighted by Gasteiger charge is -2.15. The fourth-order valence-electron chi connectivity index (χ4n) is 2.95. The van der Waals surface area contributed by atoms with Gasteiger partial charge in [-0.1, -0.05) is 48.8 Å². The number of nitrogens with one attached hydrogen (secondary N) is 1. The van der Waals surface area contributed by atoms with Crippen molar-refractivity contribution in [3.05, 3.63) is 63.4 Å². The van der Waals surface area contributed by atoms with Gasteiger partial charge in [-0.3, -0.25) is 14.2 Å². The van der Waals surface area contributed by atoms with E-state index in [0.717, 1.165) is 36.7 Å². The second-order valence-corrected chi connectivity index (χ2v) is 8.13. The molecular formula is C21H19ClF3N3O2S. The number of amides is 1. The van der Waals surface area contributed by atoms with Crippen LogP contribution in [0.3, 0.4) is 0 Å². The quantitative estimate of drug-likeness (QED) is 0.361. The zero-order valence-electron chi connectivity index (χ0n) is 16.5. The molecule has 0 atom stereocenters. The highest BCUT2D eigenvalue weighted by Crippen LogP contribution is 2.36. The molecule has 0 saturated carbocycles. The summed E-state index contributed by atoms with van der Waals surface area (Å²) >= 11 is 6.67. The molecule has 164 valence electrons. The van der Waals surface area contributed by atoms with Gasteiger partial charge in [0.15, 0.2) is 5.16 Å². The molecule has 3 aromatic rings. The summed E-state index contributed by atoms with van der Waals surface area (Å²) in [6, 6.07) is 10.0. The van der Waals surface area contributed by atoms with E-state index in [1.165, 1.54) is 10.6 Å². The summed E-state index contributed by atoms with van der Waals surface area (Å²) in [7, 11) is 0. The minimum atomic E-state index is -4.67. The Labute approximate surface area is 185 Å². The summed E-state index contributed by atoms with van der Waals surface area (Å²) < 4.78 is 41.2. The maximum absolute atomic E-state index is 13.2. The van der Waals surface area contributed by atoms with Crippen LogP contribution in [0.15, 0.2) is 52.4 Å². The van der Waals surface area contributed by atoms with Gasteiger partial charge < -0.3 is 5.32 Å². The molecule has 31 heavy (non-hydrogen) atoms. The van der Waals surface area contributed by atoms with Crippen LogP contribution in [0.4, 0.5) is 18.9 Å². The number of nitrogens with zero attached hydrogens (tertiary/aromatic N) is 2. The minimum Gasteiger partial charge on any atom is -0.325 e. The SMILES string of the molecule is CCCCn1c(SCC(=O)Nc2ccc(Cl)cc2C(F)(F)F)nc2ccccc2c1=O. The van der Waals surface area contributed by atoms with Crippen molar-refractivity contribution in [1.29, 1.82) is 0 Å². The monoisotopic (exact) mass is 469 g/mol. The number of aromatic nitrogens is 2. The maximum atomic E-state index is 13.2. The van der Waals surface area contributed by atoms with Crippen LogP contribution in [0, 0.1) is 0 Å². The van der Waals surface area contributed by atoms with E-state index in [4.69, 9.17) is 11.6 Å². The van der Waals surface area contributed by atoms with Crippen LogP contribution in [0.2, 0.25) is 5.02 Å². The summed E-state index contributed by atoms with van der Waals surface area (Å²) in [5.74, 6) is -0.862. The first-order chi connectivity index (χ1) is 14.7. The second kappa shape index (κ2) is 9.74. The van der Waals surface area contributed by atoms with Crippen LogP contribution in [-0.2, 0) is 17.5 Å².